The van der Waals surface area contributed by atoms with Crippen molar-refractivity contribution in [3.8, 4) is 0 Å². The van der Waals surface area contributed by atoms with E-state index in [4.69, 9.17) is 20.3 Å². The van der Waals surface area contributed by atoms with E-state index in [9.17, 15) is 58.2 Å². The molecule has 7 amide bonds. The molecule has 1 aromatic rings. The van der Waals surface area contributed by atoms with Crippen LogP contribution in [-0.2, 0) is 52.6 Å². The van der Waals surface area contributed by atoms with Crippen LogP contribution in [0.1, 0.15) is 188 Å². The van der Waals surface area contributed by atoms with Gasteiger partial charge in [0.15, 0.2) is 0 Å². The Morgan fingerprint density at radius 1 is 0.602 bits per heavy atom. The van der Waals surface area contributed by atoms with E-state index in [1.165, 1.54) is 0 Å². The van der Waals surface area contributed by atoms with Gasteiger partial charge in [-0.15, -0.1) is 0 Å². The number of anilines is 1. The average molecular weight is 1180 g/mol. The number of hydrogen-bond acceptors (Lipinski definition) is 14. The molecule has 472 valence electrons. The van der Waals surface area contributed by atoms with Crippen LogP contribution in [0.15, 0.2) is 24.3 Å². The van der Waals surface area contributed by atoms with Gasteiger partial charge in [-0.05, 0) is 141 Å². The Morgan fingerprint density at radius 3 is 1.78 bits per heavy atom. The molecule has 2 rings (SSSR count). The minimum Gasteiger partial charge on any atom is -0.481 e. The van der Waals surface area contributed by atoms with Gasteiger partial charge in [0, 0.05) is 75.6 Å². The van der Waals surface area contributed by atoms with E-state index in [1.54, 1.807) is 12.1 Å². The molecule has 0 aromatic heterocycles. The second-order valence-electron chi connectivity index (χ2n) is 24.2. The van der Waals surface area contributed by atoms with Gasteiger partial charge in [0.1, 0.15) is 18.1 Å². The molecule has 3 atom stereocenters. The first-order valence-electron chi connectivity index (χ1n) is 29.2. The number of amides is 7. The number of aliphatic carboxylic acids is 3. The molecular formula is C59H101N9O15. The Morgan fingerprint density at radius 2 is 1.19 bits per heavy atom. The molecule has 0 heterocycles. The lowest BCUT2D eigenvalue weighted by Gasteiger charge is -2.33. The number of carbonyl (C=O) groups is 10. The maximum Gasteiger partial charge on any atom is 0.326 e. The largest absolute Gasteiger partial charge is 0.481 e. The molecule has 1 aromatic carbocycles. The SMILES string of the molecule is CCNC(=O)CC(C)(C)CC(C)(C)CC(=O)O.CNCCNc1ccc(C(=O)NCCCCC(NC(=O)CCC(C)(C)OCCC(C)(C)OCCNC(=O)C(CCC(=O)O)NC(=O)CCC(NC(=O)C2CCCCC2)C(=O)O)C(N)=O)cc1. The second kappa shape index (κ2) is 38.5. The van der Waals surface area contributed by atoms with Crippen LogP contribution in [0.2, 0.25) is 0 Å². The molecular weight excluding hydrogens is 1070 g/mol. The average Bonchev–Trinajstić information content (AvgIpc) is 3.38. The second-order valence-corrected chi connectivity index (χ2v) is 24.2. The van der Waals surface area contributed by atoms with Crippen molar-refractivity contribution in [2.45, 2.75) is 207 Å². The molecule has 24 nitrogen and oxygen atoms in total. The number of unbranched alkanes of at least 4 members (excludes halogenated alkanes) is 1. The fourth-order valence-electron chi connectivity index (χ4n) is 9.67. The number of carbonyl (C=O) groups excluding carboxylic acids is 7. The Labute approximate surface area is 491 Å². The van der Waals surface area contributed by atoms with Gasteiger partial charge in [-0.2, -0.15) is 0 Å². The number of likely N-dealkylation sites (N-methyl/N-ethyl adjacent to an activating group) is 1. The Kier molecular flexibility index (Phi) is 34.6. The zero-order chi connectivity index (χ0) is 62.8. The van der Waals surface area contributed by atoms with Crippen LogP contribution in [0.5, 0.6) is 0 Å². The molecule has 0 spiro atoms. The van der Waals surface area contributed by atoms with Crippen molar-refractivity contribution in [1.29, 1.82) is 0 Å². The zero-order valence-electron chi connectivity index (χ0n) is 51.1. The van der Waals surface area contributed by atoms with Crippen molar-refractivity contribution in [3.05, 3.63) is 29.8 Å². The molecule has 1 aliphatic carbocycles. The molecule has 0 bridgehead atoms. The van der Waals surface area contributed by atoms with Crippen LogP contribution >= 0.6 is 0 Å². The summed E-state index contributed by atoms with van der Waals surface area (Å²) in [4.78, 5) is 121. The molecule has 24 heteroatoms. The maximum atomic E-state index is 13.0. The van der Waals surface area contributed by atoms with E-state index < -0.39 is 71.4 Å². The molecule has 0 saturated heterocycles. The molecule has 3 unspecified atom stereocenters. The van der Waals surface area contributed by atoms with Crippen molar-refractivity contribution >= 4 is 64.9 Å². The topological polar surface area (TPSA) is 372 Å². The van der Waals surface area contributed by atoms with Gasteiger partial charge in [0.05, 0.1) is 30.8 Å². The molecule has 1 saturated carbocycles. The van der Waals surface area contributed by atoms with Gasteiger partial charge in [0.2, 0.25) is 35.4 Å². The third kappa shape index (κ3) is 35.4. The maximum absolute atomic E-state index is 13.0. The summed E-state index contributed by atoms with van der Waals surface area (Å²) in [6.07, 6.45) is 6.71. The van der Waals surface area contributed by atoms with Crippen molar-refractivity contribution in [2.75, 3.05) is 58.3 Å². The first-order chi connectivity index (χ1) is 38.8. The first-order valence-corrected chi connectivity index (χ1v) is 29.2. The Balaban J connectivity index is 0.00000174. The predicted molar refractivity (Wildman–Crippen MR) is 315 cm³/mol. The van der Waals surface area contributed by atoms with Gasteiger partial charge in [-0.25, -0.2) is 4.79 Å². The Bertz CT molecular complexity index is 2220. The molecule has 0 aliphatic heterocycles. The summed E-state index contributed by atoms with van der Waals surface area (Å²) in [5.41, 5.74) is 5.18. The van der Waals surface area contributed by atoms with Crippen molar-refractivity contribution in [2.24, 2.45) is 22.5 Å². The fourth-order valence-corrected chi connectivity index (χ4v) is 9.67. The van der Waals surface area contributed by atoms with E-state index >= 15 is 0 Å². The highest BCUT2D eigenvalue weighted by Gasteiger charge is 2.33. The molecule has 83 heavy (non-hydrogen) atoms. The number of nitrogens with two attached hydrogens (primary N) is 1. The van der Waals surface area contributed by atoms with Gasteiger partial charge < -0.3 is 73.1 Å². The number of primary amides is 1. The normalized spacial score (nSPS) is 14.0. The summed E-state index contributed by atoms with van der Waals surface area (Å²) in [5, 5.41) is 50.0. The number of ether oxygens (including phenoxy) is 2. The zero-order valence-corrected chi connectivity index (χ0v) is 51.1. The highest BCUT2D eigenvalue weighted by Crippen LogP contribution is 2.38. The molecule has 13 N–H and O–H groups in total. The van der Waals surface area contributed by atoms with E-state index in [2.05, 4.69) is 42.5 Å². The van der Waals surface area contributed by atoms with Gasteiger partial charge in [-0.1, -0.05) is 47.0 Å². The molecule has 1 aliphatic rings. The number of rotatable bonds is 41. The number of carboxylic acids is 3. The van der Waals surface area contributed by atoms with Crippen LogP contribution in [-0.4, -0.2) is 157 Å². The standard InChI is InChI=1S/C46H76N8O12.C13H25NO3/c1-45(2,23-22-38(56)52-34(40(47)59)13-9-10-25-50-41(60)32-14-16-33(17-15-32)49-27-26-48-5)65-29-24-46(3,4)66-30-28-51-43(62)35(19-21-39(57)58)53-37(55)20-18-36(44(63)64)54-42(61)31-11-7-6-8-12-31;1-6-14-10(15)7-12(2,3)9-13(4,5)8-11(16)17/h14-17,31,34-36,48-49H,6-13,18-30H2,1-5H3,(H2,47,59)(H,50,60)(H,51,62)(H,52,56)(H,53,55)(H,54,61)(H,57,58)(H,63,64);6-9H2,1-5H3,(H,14,15)(H,16,17). The number of benzene rings is 1. The summed E-state index contributed by atoms with van der Waals surface area (Å²) >= 11 is 0. The van der Waals surface area contributed by atoms with Crippen LogP contribution in [0.3, 0.4) is 0 Å². The van der Waals surface area contributed by atoms with Crippen LogP contribution in [0.4, 0.5) is 5.69 Å². The summed E-state index contributed by atoms with van der Waals surface area (Å²) < 4.78 is 12.1. The van der Waals surface area contributed by atoms with Crippen LogP contribution in [0.25, 0.3) is 0 Å². The number of carboxylic acid groups (broad SMARTS) is 3. The fraction of sp³-hybridized carbons (Fsp3) is 0.729. The first kappa shape index (κ1) is 74.6. The summed E-state index contributed by atoms with van der Waals surface area (Å²) in [7, 11) is 1.87. The van der Waals surface area contributed by atoms with E-state index in [0.717, 1.165) is 38.0 Å². The third-order valence-corrected chi connectivity index (χ3v) is 13.9. The summed E-state index contributed by atoms with van der Waals surface area (Å²) in [5.74, 6) is -6.29. The van der Waals surface area contributed by atoms with Gasteiger partial charge >= 0.3 is 17.9 Å². The van der Waals surface area contributed by atoms with E-state index in [0.29, 0.717) is 76.4 Å². The lowest BCUT2D eigenvalue weighted by Crippen LogP contribution is -2.49. The number of nitrogens with one attached hydrogen (secondary N) is 8. The minimum absolute atomic E-state index is 0.0311. The number of hydrogen-bond donors (Lipinski definition) is 12. The lowest BCUT2D eigenvalue weighted by molar-refractivity contribution is -0.143. The monoisotopic (exact) mass is 1180 g/mol. The van der Waals surface area contributed by atoms with E-state index in [-0.39, 0.29) is 92.2 Å². The van der Waals surface area contributed by atoms with E-state index in [1.807, 2.05) is 81.5 Å². The van der Waals surface area contributed by atoms with Gasteiger partial charge in [0.25, 0.3) is 5.91 Å². The molecule has 0 radical (unpaired) electrons. The van der Waals surface area contributed by atoms with Crippen molar-refractivity contribution in [1.82, 2.24) is 37.2 Å². The summed E-state index contributed by atoms with van der Waals surface area (Å²) in [6, 6.07) is 3.85. The smallest absolute Gasteiger partial charge is 0.326 e. The third-order valence-electron chi connectivity index (χ3n) is 13.9. The van der Waals surface area contributed by atoms with Crippen LogP contribution in [0, 0.1) is 16.7 Å². The Hall–Kier alpha value is -6.40. The summed E-state index contributed by atoms with van der Waals surface area (Å²) in [6.45, 7) is 20.2. The quantitative estimate of drug-likeness (QED) is 0.0393. The van der Waals surface area contributed by atoms with Crippen molar-refractivity contribution in [3.63, 3.8) is 0 Å². The van der Waals surface area contributed by atoms with Crippen LogP contribution < -0.4 is 48.3 Å². The highest BCUT2D eigenvalue weighted by atomic mass is 16.5. The lowest BCUT2D eigenvalue weighted by atomic mass is 9.72. The van der Waals surface area contributed by atoms with Crippen molar-refractivity contribution < 1.29 is 72.7 Å². The molecule has 1 fully saturated rings. The van der Waals surface area contributed by atoms with Gasteiger partial charge in [-0.3, -0.25) is 43.2 Å². The minimum atomic E-state index is -1.29. The predicted octanol–water partition coefficient (Wildman–Crippen LogP) is 4.77. The highest BCUT2D eigenvalue weighted by molar-refractivity contribution is 5.94.